The van der Waals surface area contributed by atoms with Gasteiger partial charge in [-0.25, -0.2) is 0 Å². The number of aryl methyl sites for hydroxylation is 1. The van der Waals surface area contributed by atoms with Gasteiger partial charge in [-0.3, -0.25) is 9.48 Å². The highest BCUT2D eigenvalue weighted by molar-refractivity contribution is 5.92. The molecule has 8 heteroatoms. The average molecular weight is 358 g/mol. The van der Waals surface area contributed by atoms with Crippen molar-refractivity contribution in [2.24, 2.45) is 13.0 Å². The lowest BCUT2D eigenvalue weighted by molar-refractivity contribution is -0.141. The Balaban J connectivity index is 1.64. The van der Waals surface area contributed by atoms with Gasteiger partial charge in [0.2, 0.25) is 0 Å². The van der Waals surface area contributed by atoms with E-state index >= 15 is 0 Å². The fraction of sp³-hybridized carbons (Fsp3) is 0.765. The zero-order valence-electron chi connectivity index (χ0n) is 14.6. The van der Waals surface area contributed by atoms with Crippen LogP contribution in [0.1, 0.15) is 48.3 Å². The summed E-state index contributed by atoms with van der Waals surface area (Å²) in [4.78, 5) is 16.8. The second-order valence-corrected chi connectivity index (χ2v) is 7.16. The van der Waals surface area contributed by atoms with Crippen LogP contribution in [0.15, 0.2) is 6.07 Å². The quantitative estimate of drug-likeness (QED) is 0.834. The predicted octanol–water partition coefficient (Wildman–Crippen LogP) is 2.78. The number of nitrogens with zero attached hydrogens (tertiary/aromatic N) is 4. The average Bonchev–Trinajstić information content (AvgIpc) is 2.97. The molecular weight excluding hydrogens is 333 g/mol. The van der Waals surface area contributed by atoms with Gasteiger partial charge in [-0.2, -0.15) is 18.3 Å². The van der Waals surface area contributed by atoms with E-state index < -0.39 is 11.9 Å². The highest BCUT2D eigenvalue weighted by Gasteiger charge is 2.36. The fourth-order valence-corrected chi connectivity index (χ4v) is 3.87. The first-order valence-electron chi connectivity index (χ1n) is 8.97. The molecule has 0 aliphatic carbocycles. The Kier molecular flexibility index (Phi) is 5.36. The van der Waals surface area contributed by atoms with Crippen LogP contribution in [-0.4, -0.2) is 58.2 Å². The number of amides is 1. The number of carbonyl (C=O) groups is 1. The summed E-state index contributed by atoms with van der Waals surface area (Å²) < 4.78 is 39.5. The molecule has 140 valence electrons. The molecule has 0 saturated carbocycles. The maximum atomic E-state index is 12.8. The van der Waals surface area contributed by atoms with Gasteiger partial charge in [0.1, 0.15) is 5.69 Å². The SMILES string of the molecule is Cn1nc(C(F)(F)F)cc1C(=O)N1CCC[C@@H](CN2CCCCC2)C1. The molecule has 2 aliphatic rings. The maximum Gasteiger partial charge on any atom is 0.435 e. The van der Waals surface area contributed by atoms with Crippen LogP contribution in [0.25, 0.3) is 0 Å². The third-order valence-electron chi connectivity index (χ3n) is 5.16. The molecule has 1 aromatic rings. The number of aromatic nitrogens is 2. The van der Waals surface area contributed by atoms with Crippen LogP contribution in [0.3, 0.4) is 0 Å². The Labute approximate surface area is 145 Å². The first-order valence-corrected chi connectivity index (χ1v) is 8.97. The number of likely N-dealkylation sites (tertiary alicyclic amines) is 2. The minimum absolute atomic E-state index is 0.00551. The number of alkyl halides is 3. The van der Waals surface area contributed by atoms with Gasteiger partial charge in [-0.05, 0) is 44.7 Å². The summed E-state index contributed by atoms with van der Waals surface area (Å²) in [7, 11) is 1.39. The maximum absolute atomic E-state index is 12.8. The molecule has 1 amide bonds. The van der Waals surface area contributed by atoms with Crippen molar-refractivity contribution in [3.8, 4) is 0 Å². The lowest BCUT2D eigenvalue weighted by Crippen LogP contribution is -2.45. The third-order valence-corrected chi connectivity index (χ3v) is 5.16. The monoisotopic (exact) mass is 358 g/mol. The molecule has 5 nitrogen and oxygen atoms in total. The summed E-state index contributed by atoms with van der Waals surface area (Å²) in [6.45, 7) is 4.41. The molecule has 0 N–H and O–H groups in total. The summed E-state index contributed by atoms with van der Waals surface area (Å²) in [5, 5.41) is 3.45. The van der Waals surface area contributed by atoms with Crippen molar-refractivity contribution in [2.45, 2.75) is 38.3 Å². The minimum Gasteiger partial charge on any atom is -0.337 e. The molecule has 3 rings (SSSR count). The van der Waals surface area contributed by atoms with E-state index in [1.165, 1.54) is 26.3 Å². The zero-order valence-corrected chi connectivity index (χ0v) is 14.6. The van der Waals surface area contributed by atoms with Crippen molar-refractivity contribution in [1.82, 2.24) is 19.6 Å². The highest BCUT2D eigenvalue weighted by Crippen LogP contribution is 2.29. The van der Waals surface area contributed by atoms with Crippen LogP contribution in [0.4, 0.5) is 13.2 Å². The molecule has 0 spiro atoms. The van der Waals surface area contributed by atoms with Crippen LogP contribution in [0.2, 0.25) is 0 Å². The molecule has 1 aromatic heterocycles. The molecule has 1 atom stereocenters. The minimum atomic E-state index is -4.53. The Morgan fingerprint density at radius 1 is 1.20 bits per heavy atom. The second-order valence-electron chi connectivity index (χ2n) is 7.16. The molecule has 2 fully saturated rings. The van der Waals surface area contributed by atoms with Crippen LogP contribution >= 0.6 is 0 Å². The van der Waals surface area contributed by atoms with Crippen molar-refractivity contribution < 1.29 is 18.0 Å². The van der Waals surface area contributed by atoms with E-state index in [9.17, 15) is 18.0 Å². The van der Waals surface area contributed by atoms with Crippen LogP contribution in [0.5, 0.6) is 0 Å². The topological polar surface area (TPSA) is 41.4 Å². The van der Waals surface area contributed by atoms with Gasteiger partial charge in [0.25, 0.3) is 5.91 Å². The van der Waals surface area contributed by atoms with Gasteiger partial charge in [-0.1, -0.05) is 6.42 Å². The van der Waals surface area contributed by atoms with Crippen molar-refractivity contribution in [2.75, 3.05) is 32.7 Å². The van der Waals surface area contributed by atoms with Gasteiger partial charge in [0, 0.05) is 32.7 Å². The standard InChI is InChI=1S/C17H25F3N4O/c1-22-14(10-15(21-22)17(18,19)20)16(25)24-9-5-6-13(12-24)11-23-7-3-2-4-8-23/h10,13H,2-9,11-12H2,1H3/t13-/m0/s1. The lowest BCUT2D eigenvalue weighted by atomic mass is 9.96. The largest absolute Gasteiger partial charge is 0.435 e. The number of halogens is 3. The van der Waals surface area contributed by atoms with Crippen molar-refractivity contribution in [3.63, 3.8) is 0 Å². The summed E-state index contributed by atoms with van der Waals surface area (Å²) >= 11 is 0. The van der Waals surface area contributed by atoms with Gasteiger partial charge in [0.05, 0.1) is 0 Å². The molecule has 0 bridgehead atoms. The zero-order chi connectivity index (χ0) is 18.0. The summed E-state index contributed by atoms with van der Waals surface area (Å²) in [5.74, 6) is 0.0416. The van der Waals surface area contributed by atoms with Crippen molar-refractivity contribution in [1.29, 1.82) is 0 Å². The van der Waals surface area contributed by atoms with E-state index in [-0.39, 0.29) is 11.6 Å². The number of rotatable bonds is 3. The molecule has 2 aliphatic heterocycles. The smallest absolute Gasteiger partial charge is 0.337 e. The summed E-state index contributed by atoms with van der Waals surface area (Å²) in [5.41, 5.74) is -1.01. The van der Waals surface area contributed by atoms with Crippen LogP contribution < -0.4 is 0 Å². The molecular formula is C17H25F3N4O. The summed E-state index contributed by atoms with van der Waals surface area (Å²) in [6, 6.07) is 0.858. The molecule has 3 heterocycles. The van der Waals surface area contributed by atoms with Gasteiger partial charge in [-0.15, -0.1) is 0 Å². The number of piperidine rings is 2. The third kappa shape index (κ3) is 4.34. The Morgan fingerprint density at radius 2 is 1.92 bits per heavy atom. The second kappa shape index (κ2) is 7.35. The first kappa shape index (κ1) is 18.2. The highest BCUT2D eigenvalue weighted by atomic mass is 19.4. The van der Waals surface area contributed by atoms with Crippen LogP contribution in [-0.2, 0) is 13.2 Å². The molecule has 25 heavy (non-hydrogen) atoms. The van der Waals surface area contributed by atoms with Gasteiger partial charge >= 0.3 is 6.18 Å². The van der Waals surface area contributed by atoms with E-state index in [1.54, 1.807) is 4.90 Å². The van der Waals surface area contributed by atoms with E-state index in [0.29, 0.717) is 19.0 Å². The van der Waals surface area contributed by atoms with E-state index in [2.05, 4.69) is 10.00 Å². The number of hydrogen-bond acceptors (Lipinski definition) is 3. The van der Waals surface area contributed by atoms with E-state index in [1.807, 2.05) is 0 Å². The summed E-state index contributed by atoms with van der Waals surface area (Å²) in [6.07, 6.45) is 1.17. The molecule has 2 saturated heterocycles. The Bertz CT molecular complexity index is 608. The van der Waals surface area contributed by atoms with Crippen LogP contribution in [0, 0.1) is 5.92 Å². The van der Waals surface area contributed by atoms with E-state index in [4.69, 9.17) is 0 Å². The van der Waals surface area contributed by atoms with Crippen molar-refractivity contribution in [3.05, 3.63) is 17.5 Å². The van der Waals surface area contributed by atoms with Crippen molar-refractivity contribution >= 4 is 5.91 Å². The number of carbonyl (C=O) groups excluding carboxylic acids is 1. The molecule has 0 radical (unpaired) electrons. The van der Waals surface area contributed by atoms with Gasteiger partial charge < -0.3 is 9.80 Å². The first-order chi connectivity index (χ1) is 11.8. The Hall–Kier alpha value is -1.57. The lowest BCUT2D eigenvalue weighted by Gasteiger charge is -2.36. The Morgan fingerprint density at radius 3 is 2.56 bits per heavy atom. The molecule has 0 aromatic carbocycles. The normalized spacial score (nSPS) is 23.0. The van der Waals surface area contributed by atoms with Gasteiger partial charge in [0.15, 0.2) is 5.69 Å². The predicted molar refractivity (Wildman–Crippen MR) is 87.1 cm³/mol. The number of hydrogen-bond donors (Lipinski definition) is 0. The van der Waals surface area contributed by atoms with E-state index in [0.717, 1.165) is 43.2 Å². The molecule has 0 unspecified atom stereocenters. The fourth-order valence-electron chi connectivity index (χ4n) is 3.87.